The summed E-state index contributed by atoms with van der Waals surface area (Å²) < 4.78 is 17.3. The first-order valence-electron chi connectivity index (χ1n) is 8.04. The fourth-order valence-corrected chi connectivity index (χ4v) is 4.03. The number of rotatable bonds is 3. The lowest BCUT2D eigenvalue weighted by atomic mass is 9.81. The van der Waals surface area contributed by atoms with Gasteiger partial charge in [0.15, 0.2) is 11.5 Å². The molecule has 0 aromatic heterocycles. The Hall–Kier alpha value is -3.11. The SMILES string of the molecule is COc1cc(C2C3=C(C#N)C(=O)N=C3Oc3ccccc32)cc(Br)c1OC. The van der Waals surface area contributed by atoms with Crippen molar-refractivity contribution in [3.63, 3.8) is 0 Å². The van der Waals surface area contributed by atoms with Crippen molar-refractivity contribution in [3.8, 4) is 23.3 Å². The smallest absolute Gasteiger partial charge is 0.291 e. The number of benzene rings is 2. The molecule has 134 valence electrons. The van der Waals surface area contributed by atoms with Crippen molar-refractivity contribution in [2.45, 2.75) is 5.92 Å². The van der Waals surface area contributed by atoms with Gasteiger partial charge >= 0.3 is 0 Å². The van der Waals surface area contributed by atoms with Crippen molar-refractivity contribution >= 4 is 27.7 Å². The number of fused-ring (bicyclic) bond motifs is 2. The van der Waals surface area contributed by atoms with Crippen LogP contribution in [0.15, 0.2) is 57.0 Å². The molecule has 0 aliphatic carbocycles. The van der Waals surface area contributed by atoms with E-state index in [1.54, 1.807) is 14.2 Å². The lowest BCUT2D eigenvalue weighted by Crippen LogP contribution is -2.23. The molecule has 7 heteroatoms. The molecule has 1 unspecified atom stereocenters. The number of ether oxygens (including phenoxy) is 3. The molecule has 0 N–H and O–H groups in total. The highest BCUT2D eigenvalue weighted by Crippen LogP contribution is 2.48. The molecule has 1 atom stereocenters. The van der Waals surface area contributed by atoms with E-state index in [4.69, 9.17) is 14.2 Å². The maximum absolute atomic E-state index is 12.2. The Morgan fingerprint density at radius 3 is 2.70 bits per heavy atom. The van der Waals surface area contributed by atoms with Gasteiger partial charge in [-0.2, -0.15) is 10.3 Å². The topological polar surface area (TPSA) is 80.9 Å². The van der Waals surface area contributed by atoms with E-state index >= 15 is 0 Å². The number of methoxy groups -OCH3 is 2. The molecule has 27 heavy (non-hydrogen) atoms. The Balaban J connectivity index is 2.01. The Morgan fingerprint density at radius 1 is 1.22 bits per heavy atom. The van der Waals surface area contributed by atoms with E-state index in [0.717, 1.165) is 11.1 Å². The number of carbonyl (C=O) groups is 1. The molecular formula is C20H13BrN2O4. The Labute approximate surface area is 163 Å². The van der Waals surface area contributed by atoms with Gasteiger partial charge in [0.2, 0.25) is 5.90 Å². The second kappa shape index (κ2) is 6.56. The summed E-state index contributed by atoms with van der Waals surface area (Å²) in [7, 11) is 3.11. The predicted molar refractivity (Wildman–Crippen MR) is 101 cm³/mol. The van der Waals surface area contributed by atoms with Crippen molar-refractivity contribution in [3.05, 3.63) is 63.1 Å². The highest BCUT2D eigenvalue weighted by atomic mass is 79.9. The third-order valence-electron chi connectivity index (χ3n) is 4.54. The quantitative estimate of drug-likeness (QED) is 0.749. The lowest BCUT2D eigenvalue weighted by molar-refractivity contribution is -0.113. The van der Waals surface area contributed by atoms with E-state index in [1.807, 2.05) is 42.5 Å². The number of hydrogen-bond acceptors (Lipinski definition) is 5. The van der Waals surface area contributed by atoms with Gasteiger partial charge in [-0.25, -0.2) is 0 Å². The summed E-state index contributed by atoms with van der Waals surface area (Å²) in [5.41, 5.74) is 2.13. The first-order valence-corrected chi connectivity index (χ1v) is 8.84. The molecule has 0 saturated heterocycles. The maximum atomic E-state index is 12.2. The van der Waals surface area contributed by atoms with Crippen LogP contribution in [0.1, 0.15) is 17.0 Å². The Kier molecular flexibility index (Phi) is 4.21. The van der Waals surface area contributed by atoms with E-state index in [9.17, 15) is 10.1 Å². The number of carbonyl (C=O) groups excluding carboxylic acids is 1. The van der Waals surface area contributed by atoms with Crippen LogP contribution in [0.5, 0.6) is 17.2 Å². The van der Waals surface area contributed by atoms with Crippen LogP contribution >= 0.6 is 15.9 Å². The molecule has 2 aromatic carbocycles. The summed E-state index contributed by atoms with van der Waals surface area (Å²) in [5, 5.41) is 9.51. The predicted octanol–water partition coefficient (Wildman–Crippen LogP) is 3.75. The summed E-state index contributed by atoms with van der Waals surface area (Å²) in [6, 6.07) is 13.1. The number of nitriles is 1. The fraction of sp³-hybridized carbons (Fsp3) is 0.150. The zero-order chi connectivity index (χ0) is 19.1. The van der Waals surface area contributed by atoms with Gasteiger partial charge in [-0.05, 0) is 39.7 Å². The van der Waals surface area contributed by atoms with E-state index in [1.165, 1.54) is 0 Å². The summed E-state index contributed by atoms with van der Waals surface area (Å²) in [4.78, 5) is 16.1. The lowest BCUT2D eigenvalue weighted by Gasteiger charge is -2.28. The highest BCUT2D eigenvalue weighted by Gasteiger charge is 2.40. The number of aliphatic imine (C=N–C) groups is 1. The standard InChI is InChI=1S/C20H13BrN2O4/c1-25-15-8-10(7-13(21)18(15)26-2)16-11-5-3-4-6-14(11)27-20-17(16)12(9-22)19(24)23-20/h3-8,16H,1-2H3. The van der Waals surface area contributed by atoms with Gasteiger partial charge in [-0.3, -0.25) is 4.79 Å². The molecule has 6 nitrogen and oxygen atoms in total. The third-order valence-corrected chi connectivity index (χ3v) is 5.13. The molecular weight excluding hydrogens is 412 g/mol. The molecule has 2 aliphatic heterocycles. The summed E-state index contributed by atoms with van der Waals surface area (Å²) in [6.45, 7) is 0. The van der Waals surface area contributed by atoms with Crippen LogP contribution in [-0.2, 0) is 4.79 Å². The van der Waals surface area contributed by atoms with E-state index in [2.05, 4.69) is 20.9 Å². The van der Waals surface area contributed by atoms with Crippen molar-refractivity contribution < 1.29 is 19.0 Å². The number of hydrogen-bond donors (Lipinski definition) is 0. The summed E-state index contributed by atoms with van der Waals surface area (Å²) in [6.07, 6.45) is 0. The van der Waals surface area contributed by atoms with Gasteiger partial charge < -0.3 is 14.2 Å². The number of amides is 1. The first-order chi connectivity index (χ1) is 13.1. The third kappa shape index (κ3) is 2.61. The van der Waals surface area contributed by atoms with Crippen LogP contribution in [0.2, 0.25) is 0 Å². The Morgan fingerprint density at radius 2 is 2.00 bits per heavy atom. The van der Waals surface area contributed by atoms with Gasteiger partial charge in [0.05, 0.1) is 24.3 Å². The van der Waals surface area contributed by atoms with Crippen molar-refractivity contribution in [2.75, 3.05) is 14.2 Å². The average molecular weight is 425 g/mol. The molecule has 0 spiro atoms. The molecule has 0 bridgehead atoms. The average Bonchev–Trinajstić information content (AvgIpc) is 2.99. The van der Waals surface area contributed by atoms with Gasteiger partial charge in [0, 0.05) is 11.5 Å². The molecule has 0 saturated carbocycles. The van der Waals surface area contributed by atoms with Crippen LogP contribution in [-0.4, -0.2) is 26.0 Å². The van der Waals surface area contributed by atoms with Crippen molar-refractivity contribution in [1.82, 2.24) is 0 Å². The Bertz CT molecular complexity index is 1080. The van der Waals surface area contributed by atoms with Gasteiger partial charge in [-0.1, -0.05) is 18.2 Å². The minimum Gasteiger partial charge on any atom is -0.493 e. The minimum atomic E-state index is -0.583. The van der Waals surface area contributed by atoms with Crippen LogP contribution in [0.3, 0.4) is 0 Å². The summed E-state index contributed by atoms with van der Waals surface area (Å²) >= 11 is 3.51. The van der Waals surface area contributed by atoms with Crippen molar-refractivity contribution in [2.24, 2.45) is 4.99 Å². The van der Waals surface area contributed by atoms with Crippen LogP contribution in [0.4, 0.5) is 0 Å². The minimum absolute atomic E-state index is 0.00425. The van der Waals surface area contributed by atoms with Crippen LogP contribution < -0.4 is 14.2 Å². The van der Waals surface area contributed by atoms with Gasteiger partial charge in [0.1, 0.15) is 17.4 Å². The monoisotopic (exact) mass is 424 g/mol. The first kappa shape index (κ1) is 17.3. The van der Waals surface area contributed by atoms with Gasteiger partial charge in [0.25, 0.3) is 5.91 Å². The van der Waals surface area contributed by atoms with E-state index in [0.29, 0.717) is 27.3 Å². The zero-order valence-electron chi connectivity index (χ0n) is 14.4. The molecule has 2 aliphatic rings. The van der Waals surface area contributed by atoms with E-state index < -0.39 is 11.8 Å². The zero-order valence-corrected chi connectivity index (χ0v) is 16.0. The van der Waals surface area contributed by atoms with E-state index in [-0.39, 0.29) is 11.5 Å². The van der Waals surface area contributed by atoms with Crippen molar-refractivity contribution in [1.29, 1.82) is 5.26 Å². The number of halogens is 1. The molecule has 0 radical (unpaired) electrons. The normalized spacial score (nSPS) is 17.5. The summed E-state index contributed by atoms with van der Waals surface area (Å²) in [5.74, 6) is 0.889. The number of para-hydroxylation sites is 1. The van der Waals surface area contributed by atoms with Crippen LogP contribution in [0.25, 0.3) is 0 Å². The second-order valence-corrected chi connectivity index (χ2v) is 6.79. The van der Waals surface area contributed by atoms with Gasteiger partial charge in [-0.15, -0.1) is 0 Å². The molecule has 2 aromatic rings. The molecule has 1 amide bonds. The fourth-order valence-electron chi connectivity index (χ4n) is 3.41. The molecule has 0 fully saturated rings. The highest BCUT2D eigenvalue weighted by molar-refractivity contribution is 9.10. The van der Waals surface area contributed by atoms with Crippen LogP contribution in [0, 0.1) is 11.3 Å². The number of nitrogens with zero attached hydrogens (tertiary/aromatic N) is 2. The largest absolute Gasteiger partial charge is 0.493 e. The maximum Gasteiger partial charge on any atom is 0.291 e. The second-order valence-electron chi connectivity index (χ2n) is 5.93. The molecule has 4 rings (SSSR count). The molecule has 2 heterocycles.